The largest absolute Gasteiger partial charge is 0.271 e. The van der Waals surface area contributed by atoms with Crippen molar-refractivity contribution < 1.29 is 9.59 Å². The van der Waals surface area contributed by atoms with Crippen molar-refractivity contribution in [1.82, 2.24) is 14.7 Å². The first-order chi connectivity index (χ1) is 17.0. The summed E-state index contributed by atoms with van der Waals surface area (Å²) < 4.78 is 2.73. The minimum Gasteiger partial charge on any atom is -0.271 e. The molecule has 0 unspecified atom stereocenters. The Morgan fingerprint density at radius 1 is 1.03 bits per heavy atom. The summed E-state index contributed by atoms with van der Waals surface area (Å²) in [5.41, 5.74) is 4.02. The Morgan fingerprint density at radius 2 is 1.71 bits per heavy atom. The lowest BCUT2D eigenvalue weighted by Crippen LogP contribution is -2.47. The molecule has 174 valence electrons. The summed E-state index contributed by atoms with van der Waals surface area (Å²) in [6.07, 6.45) is 7.15. The monoisotopic (exact) mass is 526 g/mol. The fraction of sp³-hybridized carbons (Fsp3) is 0.214. The highest BCUT2D eigenvalue weighted by molar-refractivity contribution is 9.10. The Kier molecular flexibility index (Phi) is 6.23. The van der Waals surface area contributed by atoms with Crippen molar-refractivity contribution in [1.29, 1.82) is 5.26 Å². The second kappa shape index (κ2) is 9.47. The van der Waals surface area contributed by atoms with Gasteiger partial charge in [0.15, 0.2) is 0 Å². The highest BCUT2D eigenvalue weighted by Gasteiger charge is 2.40. The van der Waals surface area contributed by atoms with Crippen LogP contribution in [0.3, 0.4) is 0 Å². The van der Waals surface area contributed by atoms with E-state index >= 15 is 0 Å². The van der Waals surface area contributed by atoms with E-state index in [1.165, 1.54) is 4.90 Å². The minimum absolute atomic E-state index is 0.0309. The molecule has 1 fully saturated rings. The second-order valence-electron chi connectivity index (χ2n) is 8.81. The average molecular weight is 527 g/mol. The van der Waals surface area contributed by atoms with Crippen LogP contribution in [-0.4, -0.2) is 32.5 Å². The number of carbonyl (C=O) groups is 2. The standard InChI is InChI=1S/C28H23BrN4O2/c1-18-24(27(34)33(23-9-5-6-10-23)28(35)25(18)16-30)15-20-17-32(22-7-3-2-4-8-22)31-26(20)19-11-13-21(29)14-12-19/h2-4,7-8,11-15,17,23H,5-6,9-10H2,1H3/b24-15+. The van der Waals surface area contributed by atoms with Gasteiger partial charge in [-0.1, -0.05) is 59.1 Å². The van der Waals surface area contributed by atoms with Gasteiger partial charge in [0.25, 0.3) is 11.8 Å². The van der Waals surface area contributed by atoms with Gasteiger partial charge < -0.3 is 0 Å². The molecule has 2 heterocycles. The number of halogens is 1. The molecule has 2 amide bonds. The minimum atomic E-state index is -0.479. The van der Waals surface area contributed by atoms with Gasteiger partial charge >= 0.3 is 0 Å². The van der Waals surface area contributed by atoms with Gasteiger partial charge in [0.05, 0.1) is 11.4 Å². The predicted octanol–water partition coefficient (Wildman–Crippen LogP) is 5.84. The van der Waals surface area contributed by atoms with Crippen LogP contribution in [0.25, 0.3) is 23.0 Å². The number of carbonyl (C=O) groups excluding carboxylic acids is 2. The third-order valence-corrected chi connectivity index (χ3v) is 7.17. The molecule has 1 aliphatic carbocycles. The molecule has 0 atom stereocenters. The molecule has 2 aromatic carbocycles. The van der Waals surface area contributed by atoms with Crippen LogP contribution in [0, 0.1) is 11.3 Å². The molecule has 1 aromatic heterocycles. The highest BCUT2D eigenvalue weighted by Crippen LogP contribution is 2.35. The number of hydrogen-bond acceptors (Lipinski definition) is 4. The zero-order chi connectivity index (χ0) is 24.5. The third kappa shape index (κ3) is 4.26. The molecular formula is C28H23BrN4O2. The summed E-state index contributed by atoms with van der Waals surface area (Å²) in [6.45, 7) is 1.67. The Morgan fingerprint density at radius 3 is 2.37 bits per heavy atom. The van der Waals surface area contributed by atoms with Crippen LogP contribution in [0.4, 0.5) is 0 Å². The van der Waals surface area contributed by atoms with Crippen molar-refractivity contribution in [2.45, 2.75) is 38.6 Å². The molecule has 3 aromatic rings. The molecule has 1 aliphatic heterocycles. The number of hydrogen-bond donors (Lipinski definition) is 0. The molecule has 0 N–H and O–H groups in total. The van der Waals surface area contributed by atoms with Crippen LogP contribution < -0.4 is 0 Å². The van der Waals surface area contributed by atoms with Crippen molar-refractivity contribution in [2.75, 3.05) is 0 Å². The topological polar surface area (TPSA) is 79.0 Å². The quantitative estimate of drug-likeness (QED) is 0.316. The second-order valence-corrected chi connectivity index (χ2v) is 9.72. The van der Waals surface area contributed by atoms with Crippen LogP contribution in [0.15, 0.2) is 82.0 Å². The Labute approximate surface area is 212 Å². The summed E-state index contributed by atoms with van der Waals surface area (Å²) in [5, 5.41) is 14.6. The molecule has 35 heavy (non-hydrogen) atoms. The summed E-state index contributed by atoms with van der Waals surface area (Å²) in [6, 6.07) is 19.4. The maximum Gasteiger partial charge on any atom is 0.271 e. The Bertz CT molecular complexity index is 1410. The maximum absolute atomic E-state index is 13.6. The van der Waals surface area contributed by atoms with Crippen LogP contribution in [-0.2, 0) is 9.59 Å². The molecule has 6 nitrogen and oxygen atoms in total. The number of imide groups is 1. The Hall–Kier alpha value is -3.76. The van der Waals surface area contributed by atoms with Crippen molar-refractivity contribution in [2.24, 2.45) is 0 Å². The number of benzene rings is 2. The molecule has 0 saturated heterocycles. The molecule has 0 spiro atoms. The zero-order valence-electron chi connectivity index (χ0n) is 19.2. The maximum atomic E-state index is 13.6. The Balaban J connectivity index is 1.68. The van der Waals surface area contributed by atoms with Crippen LogP contribution in [0.2, 0.25) is 0 Å². The van der Waals surface area contributed by atoms with E-state index in [-0.39, 0.29) is 17.5 Å². The van der Waals surface area contributed by atoms with Gasteiger partial charge in [-0.2, -0.15) is 10.4 Å². The van der Waals surface area contributed by atoms with Crippen molar-refractivity contribution in [3.8, 4) is 23.0 Å². The lowest BCUT2D eigenvalue weighted by atomic mass is 9.92. The van der Waals surface area contributed by atoms with Crippen molar-refractivity contribution >= 4 is 33.8 Å². The van der Waals surface area contributed by atoms with E-state index in [0.717, 1.165) is 47.0 Å². The highest BCUT2D eigenvalue weighted by atomic mass is 79.9. The summed E-state index contributed by atoms with van der Waals surface area (Å²) in [7, 11) is 0. The third-order valence-electron chi connectivity index (χ3n) is 6.64. The summed E-state index contributed by atoms with van der Waals surface area (Å²) in [4.78, 5) is 28.0. The van der Waals surface area contributed by atoms with E-state index in [4.69, 9.17) is 5.10 Å². The molecule has 7 heteroatoms. The van der Waals surface area contributed by atoms with Gasteiger partial charge in [-0.05, 0) is 55.7 Å². The van der Waals surface area contributed by atoms with E-state index in [0.29, 0.717) is 16.8 Å². The number of para-hydroxylation sites is 1. The van der Waals surface area contributed by atoms with Crippen molar-refractivity contribution in [3.05, 3.63) is 87.5 Å². The lowest BCUT2D eigenvalue weighted by molar-refractivity contribution is -0.143. The van der Waals surface area contributed by atoms with Gasteiger partial charge in [-0.15, -0.1) is 0 Å². The SMILES string of the molecule is CC1=C(C#N)C(=O)N(C2CCCC2)C(=O)/C1=C/c1cn(-c2ccccc2)nc1-c1ccc(Br)cc1. The van der Waals surface area contributed by atoms with Gasteiger partial charge in [0.2, 0.25) is 0 Å². The van der Waals surface area contributed by atoms with Gasteiger partial charge in [-0.3, -0.25) is 14.5 Å². The molecule has 0 bridgehead atoms. The van der Waals surface area contributed by atoms with Gasteiger partial charge in [-0.25, -0.2) is 4.68 Å². The number of aromatic nitrogens is 2. The normalized spacial score (nSPS) is 18.0. The molecule has 0 radical (unpaired) electrons. The molecular weight excluding hydrogens is 504 g/mol. The van der Waals surface area contributed by atoms with Crippen LogP contribution >= 0.6 is 15.9 Å². The molecule has 1 saturated carbocycles. The molecule has 2 aliphatic rings. The number of nitriles is 1. The van der Waals surface area contributed by atoms with E-state index in [2.05, 4.69) is 15.9 Å². The number of rotatable bonds is 4. The average Bonchev–Trinajstić information content (AvgIpc) is 3.54. The first kappa shape index (κ1) is 23.0. The van der Waals surface area contributed by atoms with Crippen molar-refractivity contribution in [3.63, 3.8) is 0 Å². The number of amides is 2. The fourth-order valence-electron chi connectivity index (χ4n) is 4.79. The van der Waals surface area contributed by atoms with E-state index in [1.54, 1.807) is 17.7 Å². The lowest BCUT2D eigenvalue weighted by Gasteiger charge is -2.32. The summed E-state index contributed by atoms with van der Waals surface area (Å²) >= 11 is 3.48. The van der Waals surface area contributed by atoms with Crippen LogP contribution in [0.1, 0.15) is 38.2 Å². The van der Waals surface area contributed by atoms with E-state index in [9.17, 15) is 14.9 Å². The summed E-state index contributed by atoms with van der Waals surface area (Å²) in [5.74, 6) is -0.820. The fourth-order valence-corrected chi connectivity index (χ4v) is 5.05. The predicted molar refractivity (Wildman–Crippen MR) is 137 cm³/mol. The number of nitrogens with zero attached hydrogens (tertiary/aromatic N) is 4. The van der Waals surface area contributed by atoms with E-state index in [1.807, 2.05) is 66.9 Å². The zero-order valence-corrected chi connectivity index (χ0v) is 20.8. The molecule has 5 rings (SSSR count). The van der Waals surface area contributed by atoms with E-state index < -0.39 is 5.91 Å². The smallest absolute Gasteiger partial charge is 0.271 e. The van der Waals surface area contributed by atoms with Gasteiger partial charge in [0, 0.05) is 33.4 Å². The first-order valence-electron chi connectivity index (χ1n) is 11.6. The first-order valence-corrected chi connectivity index (χ1v) is 12.4. The van der Waals surface area contributed by atoms with Crippen LogP contribution in [0.5, 0.6) is 0 Å². The van der Waals surface area contributed by atoms with Gasteiger partial charge in [0.1, 0.15) is 11.6 Å².